The van der Waals surface area contributed by atoms with Crippen LogP contribution in [-0.4, -0.2) is 17.9 Å². The maximum Gasteiger partial charge on any atom is 0.235 e. The van der Waals surface area contributed by atoms with Gasteiger partial charge < -0.3 is 9.64 Å². The number of anilines is 1. The molecule has 1 amide bonds. The number of ether oxygens (including phenoxy) is 1. The molecule has 0 spiro atoms. The SMILES string of the molecule is COc1ccc(N2C(=O)[C@H]([C@H](c3ccccc3)N(Cc3ccccc3)Cc3ccccc3)[C@@H]2c2ccccc2)cc1. The molecule has 0 aromatic heterocycles. The van der Waals surface area contributed by atoms with Crippen LogP contribution in [0.5, 0.6) is 5.75 Å². The van der Waals surface area contributed by atoms with Gasteiger partial charge in [-0.15, -0.1) is 0 Å². The van der Waals surface area contributed by atoms with E-state index in [1.54, 1.807) is 7.11 Å². The van der Waals surface area contributed by atoms with Crippen molar-refractivity contribution in [2.45, 2.75) is 25.2 Å². The molecule has 1 aliphatic rings. The van der Waals surface area contributed by atoms with Crippen molar-refractivity contribution in [2.24, 2.45) is 5.92 Å². The van der Waals surface area contributed by atoms with Crippen molar-refractivity contribution in [3.63, 3.8) is 0 Å². The Balaban J connectivity index is 1.46. The molecule has 6 rings (SSSR count). The van der Waals surface area contributed by atoms with Crippen molar-refractivity contribution >= 4 is 11.6 Å². The van der Waals surface area contributed by atoms with E-state index in [2.05, 4.69) is 102 Å². The van der Waals surface area contributed by atoms with Crippen LogP contribution in [0.2, 0.25) is 0 Å². The molecular formula is C37H34N2O2. The molecule has 5 aromatic carbocycles. The topological polar surface area (TPSA) is 32.8 Å². The summed E-state index contributed by atoms with van der Waals surface area (Å²) in [6.45, 7) is 1.45. The van der Waals surface area contributed by atoms with Crippen LogP contribution < -0.4 is 9.64 Å². The molecule has 1 aliphatic heterocycles. The first kappa shape index (κ1) is 26.5. The molecule has 1 fully saturated rings. The smallest absolute Gasteiger partial charge is 0.235 e. The van der Waals surface area contributed by atoms with Gasteiger partial charge in [0.15, 0.2) is 0 Å². The standard InChI is InChI=1S/C37H34N2O2/c1-41-33-24-22-32(23-25-33)39-36(31-20-12-5-13-21-31)34(37(39)40)35(30-18-10-4-11-19-30)38(26-28-14-6-2-7-15-28)27-29-16-8-3-9-17-29/h2-25,34-36H,26-27H2,1H3/t34-,35+,36+/m1/s1. The highest BCUT2D eigenvalue weighted by atomic mass is 16.5. The minimum absolute atomic E-state index is 0.114. The number of nitrogens with zero attached hydrogens (tertiary/aromatic N) is 2. The van der Waals surface area contributed by atoms with Crippen LogP contribution in [-0.2, 0) is 17.9 Å². The minimum Gasteiger partial charge on any atom is -0.497 e. The zero-order valence-corrected chi connectivity index (χ0v) is 23.2. The van der Waals surface area contributed by atoms with Gasteiger partial charge >= 0.3 is 0 Å². The third-order valence-corrected chi connectivity index (χ3v) is 7.96. The van der Waals surface area contributed by atoms with Crippen molar-refractivity contribution in [3.05, 3.63) is 168 Å². The highest BCUT2D eigenvalue weighted by Gasteiger charge is 2.54. The third kappa shape index (κ3) is 5.65. The van der Waals surface area contributed by atoms with Gasteiger partial charge in [-0.05, 0) is 46.5 Å². The molecule has 0 aliphatic carbocycles. The van der Waals surface area contributed by atoms with E-state index >= 15 is 0 Å². The second-order valence-electron chi connectivity index (χ2n) is 10.5. The van der Waals surface area contributed by atoms with Gasteiger partial charge in [0.2, 0.25) is 5.91 Å². The average Bonchev–Trinajstić information content (AvgIpc) is 3.04. The lowest BCUT2D eigenvalue weighted by molar-refractivity contribution is -0.134. The number of β-lactam (4-membered cyclic amide) rings is 1. The summed E-state index contributed by atoms with van der Waals surface area (Å²) in [6.07, 6.45) is 0. The summed E-state index contributed by atoms with van der Waals surface area (Å²) in [4.78, 5) is 18.8. The molecule has 1 heterocycles. The number of benzene rings is 5. The Morgan fingerprint density at radius 1 is 0.659 bits per heavy atom. The quantitative estimate of drug-likeness (QED) is 0.170. The van der Waals surface area contributed by atoms with E-state index in [-0.39, 0.29) is 23.9 Å². The van der Waals surface area contributed by atoms with Crippen LogP contribution >= 0.6 is 0 Å². The zero-order chi connectivity index (χ0) is 28.0. The van der Waals surface area contributed by atoms with Gasteiger partial charge in [0.1, 0.15) is 5.75 Å². The van der Waals surface area contributed by atoms with E-state index in [1.165, 1.54) is 11.1 Å². The van der Waals surface area contributed by atoms with Crippen molar-refractivity contribution in [2.75, 3.05) is 12.0 Å². The molecule has 0 radical (unpaired) electrons. The second-order valence-corrected chi connectivity index (χ2v) is 10.5. The normalized spacial score (nSPS) is 17.2. The average molecular weight is 539 g/mol. The van der Waals surface area contributed by atoms with Gasteiger partial charge in [-0.1, -0.05) is 121 Å². The summed E-state index contributed by atoms with van der Waals surface area (Å²) in [7, 11) is 1.66. The maximum atomic E-state index is 14.4. The van der Waals surface area contributed by atoms with Gasteiger partial charge in [-0.2, -0.15) is 0 Å². The fourth-order valence-corrected chi connectivity index (χ4v) is 6.04. The number of methoxy groups -OCH3 is 1. The molecular weight excluding hydrogens is 504 g/mol. The summed E-state index contributed by atoms with van der Waals surface area (Å²) in [5.74, 6) is 0.631. The molecule has 0 N–H and O–H groups in total. The Morgan fingerprint density at radius 2 is 1.15 bits per heavy atom. The monoisotopic (exact) mass is 538 g/mol. The number of carbonyl (C=O) groups excluding carboxylic acids is 1. The van der Waals surface area contributed by atoms with Gasteiger partial charge in [0.05, 0.1) is 19.1 Å². The fourth-order valence-electron chi connectivity index (χ4n) is 6.04. The van der Waals surface area contributed by atoms with Gasteiger partial charge in [0.25, 0.3) is 0 Å². The number of hydrogen-bond acceptors (Lipinski definition) is 3. The van der Waals surface area contributed by atoms with Crippen molar-refractivity contribution in [1.29, 1.82) is 0 Å². The fraction of sp³-hybridized carbons (Fsp3) is 0.162. The minimum atomic E-state index is -0.269. The Morgan fingerprint density at radius 3 is 1.66 bits per heavy atom. The van der Waals surface area contributed by atoms with Crippen LogP contribution in [0, 0.1) is 5.92 Å². The van der Waals surface area contributed by atoms with Crippen molar-refractivity contribution in [1.82, 2.24) is 4.90 Å². The number of hydrogen-bond donors (Lipinski definition) is 0. The molecule has 1 saturated heterocycles. The largest absolute Gasteiger partial charge is 0.497 e. The molecule has 204 valence electrons. The Bertz CT molecular complexity index is 1500. The van der Waals surface area contributed by atoms with E-state index < -0.39 is 0 Å². The predicted molar refractivity (Wildman–Crippen MR) is 164 cm³/mol. The Hall–Kier alpha value is -4.67. The highest BCUT2D eigenvalue weighted by molar-refractivity contribution is 6.04. The first-order valence-electron chi connectivity index (χ1n) is 14.1. The number of rotatable bonds is 10. The van der Waals surface area contributed by atoms with E-state index in [1.807, 2.05) is 53.4 Å². The number of amides is 1. The van der Waals surface area contributed by atoms with Gasteiger partial charge in [-0.3, -0.25) is 9.69 Å². The second kappa shape index (κ2) is 12.2. The molecule has 0 unspecified atom stereocenters. The van der Waals surface area contributed by atoms with Crippen molar-refractivity contribution < 1.29 is 9.53 Å². The lowest BCUT2D eigenvalue weighted by atomic mass is 9.74. The van der Waals surface area contributed by atoms with Crippen LogP contribution in [0.3, 0.4) is 0 Å². The highest BCUT2D eigenvalue weighted by Crippen LogP contribution is 2.51. The summed E-state index contributed by atoms with van der Waals surface area (Å²) < 4.78 is 5.39. The van der Waals surface area contributed by atoms with Crippen LogP contribution in [0.25, 0.3) is 0 Å². The van der Waals surface area contributed by atoms with Crippen LogP contribution in [0.4, 0.5) is 5.69 Å². The van der Waals surface area contributed by atoms with E-state index in [0.29, 0.717) is 0 Å². The molecule has 41 heavy (non-hydrogen) atoms. The molecule has 0 bridgehead atoms. The number of carbonyl (C=O) groups is 1. The van der Waals surface area contributed by atoms with Gasteiger partial charge in [-0.25, -0.2) is 0 Å². The van der Waals surface area contributed by atoms with E-state index in [4.69, 9.17) is 4.74 Å². The Labute approximate surface area is 242 Å². The van der Waals surface area contributed by atoms with Crippen LogP contribution in [0.1, 0.15) is 34.3 Å². The predicted octanol–water partition coefficient (Wildman–Crippen LogP) is 7.84. The Kier molecular flexibility index (Phi) is 7.92. The third-order valence-electron chi connectivity index (χ3n) is 7.96. The summed E-state index contributed by atoms with van der Waals surface area (Å²) in [5, 5.41) is 0. The summed E-state index contributed by atoms with van der Waals surface area (Å²) in [6, 6.07) is 49.6. The lowest BCUT2D eigenvalue weighted by Gasteiger charge is -2.53. The zero-order valence-electron chi connectivity index (χ0n) is 23.2. The molecule has 4 heteroatoms. The summed E-state index contributed by atoms with van der Waals surface area (Å²) >= 11 is 0. The van der Waals surface area contributed by atoms with E-state index in [9.17, 15) is 4.79 Å². The maximum absolute atomic E-state index is 14.4. The first-order chi connectivity index (χ1) is 20.2. The van der Waals surface area contributed by atoms with Gasteiger partial charge in [0, 0.05) is 24.8 Å². The van der Waals surface area contributed by atoms with Crippen LogP contribution in [0.15, 0.2) is 146 Å². The first-order valence-corrected chi connectivity index (χ1v) is 14.1. The summed E-state index contributed by atoms with van der Waals surface area (Å²) in [5.41, 5.74) is 5.60. The molecule has 3 atom stereocenters. The van der Waals surface area contributed by atoms with Crippen molar-refractivity contribution in [3.8, 4) is 5.75 Å². The molecule has 5 aromatic rings. The lowest BCUT2D eigenvalue weighted by Crippen LogP contribution is -2.59. The molecule has 4 nitrogen and oxygen atoms in total. The molecule has 0 saturated carbocycles. The van der Waals surface area contributed by atoms with E-state index in [0.717, 1.165) is 35.7 Å².